The molecule has 1 N–H and O–H groups in total. The van der Waals surface area contributed by atoms with Gasteiger partial charge in [0.05, 0.1) is 4.90 Å². The summed E-state index contributed by atoms with van der Waals surface area (Å²) in [4.78, 5) is 26.0. The molecule has 1 atom stereocenters. The predicted molar refractivity (Wildman–Crippen MR) is 114 cm³/mol. The van der Waals surface area contributed by atoms with Crippen LogP contribution in [-0.4, -0.2) is 42.1 Å². The summed E-state index contributed by atoms with van der Waals surface area (Å²) in [5.41, 5.74) is 1.66. The van der Waals surface area contributed by atoms with Crippen molar-refractivity contribution in [3.63, 3.8) is 0 Å². The minimum Gasteiger partial charge on any atom is -0.326 e. The summed E-state index contributed by atoms with van der Waals surface area (Å²) >= 11 is 0.930. The van der Waals surface area contributed by atoms with Gasteiger partial charge in [-0.25, -0.2) is 4.39 Å². The molecule has 0 spiro atoms. The normalized spacial score (nSPS) is 18.1. The molecule has 2 amide bonds. The number of hydrogen-bond acceptors (Lipinski definition) is 5. The van der Waals surface area contributed by atoms with E-state index in [4.69, 9.17) is 0 Å². The Balaban J connectivity index is 1.75. The van der Waals surface area contributed by atoms with Gasteiger partial charge in [0.25, 0.3) is 10.0 Å². The Labute approximate surface area is 178 Å². The number of nitrogens with zero attached hydrogens (tertiary/aromatic N) is 2. The van der Waals surface area contributed by atoms with Gasteiger partial charge in [-0.2, -0.15) is 8.42 Å². The van der Waals surface area contributed by atoms with E-state index in [9.17, 15) is 22.4 Å². The summed E-state index contributed by atoms with van der Waals surface area (Å²) in [6.45, 7) is 3.83. The Hall–Kier alpha value is -2.72. The van der Waals surface area contributed by atoms with Gasteiger partial charge in [0, 0.05) is 18.7 Å². The lowest BCUT2D eigenvalue weighted by Gasteiger charge is -2.13. The van der Waals surface area contributed by atoms with Crippen molar-refractivity contribution in [2.24, 2.45) is 4.40 Å². The molecule has 2 aromatic carbocycles. The number of hydrogen-bond donors (Lipinski definition) is 1. The van der Waals surface area contributed by atoms with Crippen LogP contribution in [0.15, 0.2) is 57.8 Å². The summed E-state index contributed by atoms with van der Waals surface area (Å²) in [5, 5.41) is 1.95. The van der Waals surface area contributed by atoms with Crippen molar-refractivity contribution in [3.05, 3.63) is 59.9 Å². The maximum Gasteiger partial charge on any atom is 0.284 e. The second kappa shape index (κ2) is 8.97. The molecule has 1 aliphatic rings. The van der Waals surface area contributed by atoms with Crippen molar-refractivity contribution in [2.75, 3.05) is 11.9 Å². The van der Waals surface area contributed by atoms with Crippen LogP contribution in [0.5, 0.6) is 0 Å². The van der Waals surface area contributed by atoms with Crippen molar-refractivity contribution in [3.8, 4) is 0 Å². The highest BCUT2D eigenvalue weighted by Gasteiger charge is 2.39. The molecule has 0 bridgehead atoms. The molecule has 1 heterocycles. The van der Waals surface area contributed by atoms with E-state index in [-0.39, 0.29) is 34.8 Å². The number of nitrogens with one attached hydrogen (secondary N) is 1. The number of sulfonamides is 1. The molecule has 1 saturated heterocycles. The van der Waals surface area contributed by atoms with Crippen LogP contribution in [0.3, 0.4) is 0 Å². The molecule has 7 nitrogen and oxygen atoms in total. The Morgan fingerprint density at radius 3 is 2.40 bits per heavy atom. The van der Waals surface area contributed by atoms with E-state index < -0.39 is 21.1 Å². The van der Waals surface area contributed by atoms with Gasteiger partial charge in [-0.1, -0.05) is 29.5 Å². The number of halogens is 1. The van der Waals surface area contributed by atoms with Gasteiger partial charge < -0.3 is 5.32 Å². The fraction of sp³-hybridized carbons (Fsp3) is 0.250. The van der Waals surface area contributed by atoms with E-state index in [1.54, 1.807) is 19.1 Å². The summed E-state index contributed by atoms with van der Waals surface area (Å²) < 4.78 is 41.9. The average molecular weight is 450 g/mol. The van der Waals surface area contributed by atoms with Gasteiger partial charge >= 0.3 is 0 Å². The number of amides is 2. The number of thioether (sulfide) groups is 1. The topological polar surface area (TPSA) is 95.9 Å². The average Bonchev–Trinajstić information content (AvgIpc) is 2.97. The monoisotopic (exact) mass is 449 g/mol. The standard InChI is InChI=1S/C20H20FN3O4S2/c1-3-24-19(26)17(12-18(25)22-15-8-4-13(2)5-9-15)29-20(24)23-30(27,28)16-10-6-14(21)7-11-16/h4-11,17H,3,12H2,1-2H3,(H,22,25). The molecule has 0 aromatic heterocycles. The third kappa shape index (κ3) is 5.06. The van der Waals surface area contributed by atoms with Crippen LogP contribution in [0, 0.1) is 12.7 Å². The first-order valence-electron chi connectivity index (χ1n) is 9.14. The van der Waals surface area contributed by atoms with Gasteiger partial charge in [-0.3, -0.25) is 14.5 Å². The Morgan fingerprint density at radius 1 is 1.17 bits per heavy atom. The maximum atomic E-state index is 13.1. The molecular formula is C20H20FN3O4S2. The Kier molecular flexibility index (Phi) is 6.57. The van der Waals surface area contributed by atoms with E-state index in [2.05, 4.69) is 9.71 Å². The SMILES string of the molecule is CCN1C(=O)C(CC(=O)Nc2ccc(C)cc2)SC1=NS(=O)(=O)c1ccc(F)cc1. The zero-order chi connectivity index (χ0) is 21.9. The number of aryl methyl sites for hydroxylation is 1. The van der Waals surface area contributed by atoms with E-state index >= 15 is 0 Å². The molecule has 1 fully saturated rings. The minimum atomic E-state index is -4.13. The summed E-state index contributed by atoms with van der Waals surface area (Å²) in [6, 6.07) is 11.5. The highest BCUT2D eigenvalue weighted by molar-refractivity contribution is 8.16. The Morgan fingerprint density at radius 2 is 1.80 bits per heavy atom. The Bertz CT molecular complexity index is 1080. The van der Waals surface area contributed by atoms with Gasteiger partial charge in [0.2, 0.25) is 11.8 Å². The number of carbonyl (C=O) groups is 2. The van der Waals surface area contributed by atoms with Gasteiger partial charge in [0.15, 0.2) is 5.17 Å². The first kappa shape index (κ1) is 22.0. The van der Waals surface area contributed by atoms with Crippen LogP contribution < -0.4 is 5.32 Å². The van der Waals surface area contributed by atoms with Crippen molar-refractivity contribution in [2.45, 2.75) is 30.4 Å². The molecule has 0 aliphatic carbocycles. The van der Waals surface area contributed by atoms with Crippen molar-refractivity contribution in [1.82, 2.24) is 4.90 Å². The number of carbonyl (C=O) groups excluding carboxylic acids is 2. The highest BCUT2D eigenvalue weighted by Crippen LogP contribution is 2.31. The molecule has 0 saturated carbocycles. The van der Waals surface area contributed by atoms with E-state index in [0.717, 1.165) is 41.6 Å². The third-order valence-corrected chi connectivity index (χ3v) is 6.92. The maximum absolute atomic E-state index is 13.1. The molecule has 1 aliphatic heterocycles. The first-order chi connectivity index (χ1) is 14.2. The van der Waals surface area contributed by atoms with E-state index in [1.807, 2.05) is 19.1 Å². The molecule has 2 aromatic rings. The quantitative estimate of drug-likeness (QED) is 0.731. The highest BCUT2D eigenvalue weighted by atomic mass is 32.2. The summed E-state index contributed by atoms with van der Waals surface area (Å²) in [7, 11) is -4.13. The van der Waals surface area contributed by atoms with Crippen molar-refractivity contribution < 1.29 is 22.4 Å². The summed E-state index contributed by atoms with van der Waals surface area (Å²) in [6.07, 6.45) is -0.122. The summed E-state index contributed by atoms with van der Waals surface area (Å²) in [5.74, 6) is -1.31. The second-order valence-electron chi connectivity index (χ2n) is 6.61. The van der Waals surface area contributed by atoms with Crippen LogP contribution in [0.1, 0.15) is 18.9 Å². The fourth-order valence-electron chi connectivity index (χ4n) is 2.78. The number of amidine groups is 1. The zero-order valence-electron chi connectivity index (χ0n) is 16.3. The molecule has 30 heavy (non-hydrogen) atoms. The lowest BCUT2D eigenvalue weighted by Crippen LogP contribution is -2.33. The second-order valence-corrected chi connectivity index (χ2v) is 9.38. The van der Waals surface area contributed by atoms with Crippen LogP contribution >= 0.6 is 11.8 Å². The molecule has 158 valence electrons. The first-order valence-corrected chi connectivity index (χ1v) is 11.5. The molecule has 10 heteroatoms. The number of anilines is 1. The third-order valence-electron chi connectivity index (χ3n) is 4.35. The molecule has 3 rings (SSSR count). The minimum absolute atomic E-state index is 0.0000362. The van der Waals surface area contributed by atoms with E-state index in [0.29, 0.717) is 5.69 Å². The van der Waals surface area contributed by atoms with Gasteiger partial charge in [0.1, 0.15) is 11.1 Å². The van der Waals surface area contributed by atoms with Crippen LogP contribution in [0.25, 0.3) is 0 Å². The van der Waals surface area contributed by atoms with Crippen LogP contribution in [0.2, 0.25) is 0 Å². The fourth-order valence-corrected chi connectivity index (χ4v) is 5.20. The number of rotatable bonds is 6. The number of benzene rings is 2. The smallest absolute Gasteiger partial charge is 0.284 e. The lowest BCUT2D eigenvalue weighted by atomic mass is 10.2. The lowest BCUT2D eigenvalue weighted by molar-refractivity contribution is -0.128. The van der Waals surface area contributed by atoms with Gasteiger partial charge in [-0.15, -0.1) is 4.40 Å². The predicted octanol–water partition coefficient (Wildman–Crippen LogP) is 3.17. The largest absolute Gasteiger partial charge is 0.326 e. The van der Waals surface area contributed by atoms with E-state index in [1.165, 1.54) is 4.90 Å². The van der Waals surface area contributed by atoms with Crippen molar-refractivity contribution >= 4 is 44.5 Å². The van der Waals surface area contributed by atoms with Crippen LogP contribution in [0.4, 0.5) is 10.1 Å². The van der Waals surface area contributed by atoms with Gasteiger partial charge in [-0.05, 0) is 50.2 Å². The molecule has 0 radical (unpaired) electrons. The van der Waals surface area contributed by atoms with Crippen molar-refractivity contribution in [1.29, 1.82) is 0 Å². The van der Waals surface area contributed by atoms with Crippen LogP contribution in [-0.2, 0) is 19.6 Å². The zero-order valence-corrected chi connectivity index (χ0v) is 18.0. The molecular weight excluding hydrogens is 429 g/mol. The molecule has 1 unspecified atom stereocenters.